The molecule has 2 rings (SSSR count). The molecule has 1 aromatic carbocycles. The fourth-order valence-electron chi connectivity index (χ4n) is 2.72. The van der Waals surface area contributed by atoms with Crippen LogP contribution in [0.2, 0.25) is 0 Å². The van der Waals surface area contributed by atoms with Gasteiger partial charge in [-0.3, -0.25) is 4.99 Å². The van der Waals surface area contributed by atoms with E-state index in [2.05, 4.69) is 22.1 Å². The lowest BCUT2D eigenvalue weighted by molar-refractivity contribution is 0.266. The van der Waals surface area contributed by atoms with E-state index in [0.717, 1.165) is 30.4 Å². The Morgan fingerprint density at radius 2 is 2.27 bits per heavy atom. The van der Waals surface area contributed by atoms with Crippen molar-refractivity contribution in [2.45, 2.75) is 26.3 Å². The van der Waals surface area contributed by atoms with Crippen molar-refractivity contribution in [1.29, 1.82) is 0 Å². The maximum atomic E-state index is 9.92. The second-order valence-electron chi connectivity index (χ2n) is 5.59. The summed E-state index contributed by atoms with van der Waals surface area (Å²) in [5.41, 5.74) is 0.806. The molecule has 22 heavy (non-hydrogen) atoms. The Labute approximate surface area is 149 Å². The highest BCUT2D eigenvalue weighted by Crippen LogP contribution is 2.23. The zero-order chi connectivity index (χ0) is 15.2. The van der Waals surface area contributed by atoms with E-state index >= 15 is 0 Å². The molecule has 124 valence electrons. The summed E-state index contributed by atoms with van der Waals surface area (Å²) in [6, 6.07) is 5.25. The van der Waals surface area contributed by atoms with Gasteiger partial charge in [0.15, 0.2) is 5.96 Å². The summed E-state index contributed by atoms with van der Waals surface area (Å²) in [6.45, 7) is 4.87. The number of methoxy groups -OCH3 is 1. The van der Waals surface area contributed by atoms with Crippen molar-refractivity contribution in [1.82, 2.24) is 10.2 Å². The molecule has 1 atom stereocenters. The Morgan fingerprint density at radius 1 is 1.50 bits per heavy atom. The third-order valence-corrected chi connectivity index (χ3v) is 3.89. The van der Waals surface area contributed by atoms with Crippen LogP contribution in [0.25, 0.3) is 0 Å². The average Bonchev–Trinajstić information content (AvgIpc) is 2.49. The molecule has 0 aliphatic carbocycles. The van der Waals surface area contributed by atoms with Crippen LogP contribution in [-0.4, -0.2) is 43.2 Å². The van der Waals surface area contributed by atoms with Crippen LogP contribution in [0, 0.1) is 5.92 Å². The van der Waals surface area contributed by atoms with Crippen LogP contribution in [0.15, 0.2) is 23.2 Å². The Balaban J connectivity index is 0.00000242. The van der Waals surface area contributed by atoms with Gasteiger partial charge in [0, 0.05) is 32.2 Å². The fraction of sp³-hybridized carbons (Fsp3) is 0.562. The van der Waals surface area contributed by atoms with Crippen molar-refractivity contribution in [2.75, 3.05) is 27.2 Å². The van der Waals surface area contributed by atoms with E-state index in [1.165, 1.54) is 12.8 Å². The van der Waals surface area contributed by atoms with E-state index in [-0.39, 0.29) is 29.7 Å². The van der Waals surface area contributed by atoms with E-state index in [0.29, 0.717) is 12.5 Å². The summed E-state index contributed by atoms with van der Waals surface area (Å²) in [4.78, 5) is 6.64. The number of piperidine rings is 1. The number of aromatic hydroxyl groups is 1. The number of halogens is 1. The van der Waals surface area contributed by atoms with E-state index in [1.807, 2.05) is 6.07 Å². The van der Waals surface area contributed by atoms with Crippen molar-refractivity contribution in [3.8, 4) is 11.5 Å². The Kier molecular flexibility index (Phi) is 7.78. The third kappa shape index (κ3) is 4.93. The number of phenolic OH excluding ortho intramolecular Hbond substituents is 1. The van der Waals surface area contributed by atoms with Gasteiger partial charge in [-0.1, -0.05) is 6.92 Å². The van der Waals surface area contributed by atoms with Gasteiger partial charge in [-0.2, -0.15) is 0 Å². The van der Waals surface area contributed by atoms with Crippen LogP contribution in [0.5, 0.6) is 11.5 Å². The standard InChI is InChI=1S/C16H25N3O2.HI/c1-12-5-4-8-19(11-12)16(17-2)18-10-13-9-14(21-3)6-7-15(13)20;/h6-7,9,12,20H,4-5,8,10-11H2,1-3H3,(H,17,18);1H. The third-order valence-electron chi connectivity index (χ3n) is 3.89. The van der Waals surface area contributed by atoms with Gasteiger partial charge in [0.05, 0.1) is 7.11 Å². The van der Waals surface area contributed by atoms with Crippen molar-refractivity contribution >= 4 is 29.9 Å². The first-order valence-corrected chi connectivity index (χ1v) is 7.45. The number of likely N-dealkylation sites (tertiary alicyclic amines) is 1. The van der Waals surface area contributed by atoms with Crippen molar-refractivity contribution in [3.63, 3.8) is 0 Å². The maximum Gasteiger partial charge on any atom is 0.193 e. The normalized spacial score (nSPS) is 18.6. The molecule has 0 saturated carbocycles. The monoisotopic (exact) mass is 419 g/mol. The minimum atomic E-state index is 0. The van der Waals surface area contributed by atoms with Crippen LogP contribution in [0.3, 0.4) is 0 Å². The van der Waals surface area contributed by atoms with Gasteiger partial charge in [0.25, 0.3) is 0 Å². The molecule has 1 unspecified atom stereocenters. The Bertz CT molecular complexity index is 508. The first-order valence-electron chi connectivity index (χ1n) is 7.45. The van der Waals surface area contributed by atoms with Crippen LogP contribution < -0.4 is 10.1 Å². The number of ether oxygens (including phenoxy) is 1. The molecule has 0 radical (unpaired) electrons. The molecule has 0 aromatic heterocycles. The molecule has 1 aliphatic rings. The van der Waals surface area contributed by atoms with Crippen molar-refractivity contribution in [2.24, 2.45) is 10.9 Å². The number of phenols is 1. The molecule has 5 nitrogen and oxygen atoms in total. The highest BCUT2D eigenvalue weighted by molar-refractivity contribution is 14.0. The summed E-state index contributed by atoms with van der Waals surface area (Å²) in [5, 5.41) is 13.2. The number of guanidine groups is 1. The molecule has 1 aromatic rings. The molecular formula is C16H26IN3O2. The summed E-state index contributed by atoms with van der Waals surface area (Å²) in [5.74, 6) is 2.60. The molecule has 1 heterocycles. The molecule has 1 aliphatic heterocycles. The SMILES string of the molecule is CN=C(NCc1cc(OC)ccc1O)N1CCCC(C)C1.I. The summed E-state index contributed by atoms with van der Waals surface area (Å²) in [7, 11) is 3.42. The maximum absolute atomic E-state index is 9.92. The lowest BCUT2D eigenvalue weighted by atomic mass is 10.0. The minimum absolute atomic E-state index is 0. The number of nitrogens with one attached hydrogen (secondary N) is 1. The lowest BCUT2D eigenvalue weighted by Crippen LogP contribution is -2.45. The first kappa shape index (κ1) is 18.9. The van der Waals surface area contributed by atoms with Gasteiger partial charge < -0.3 is 20.1 Å². The lowest BCUT2D eigenvalue weighted by Gasteiger charge is -2.33. The zero-order valence-corrected chi connectivity index (χ0v) is 15.8. The number of hydrogen-bond acceptors (Lipinski definition) is 3. The molecule has 0 amide bonds. The van der Waals surface area contributed by atoms with E-state index in [1.54, 1.807) is 26.3 Å². The summed E-state index contributed by atoms with van der Waals surface area (Å²) in [6.07, 6.45) is 2.48. The topological polar surface area (TPSA) is 57.1 Å². The molecule has 2 N–H and O–H groups in total. The minimum Gasteiger partial charge on any atom is -0.508 e. The number of aliphatic imine (C=N–C) groups is 1. The highest BCUT2D eigenvalue weighted by Gasteiger charge is 2.19. The predicted octanol–water partition coefficient (Wildman–Crippen LogP) is 2.83. The van der Waals surface area contributed by atoms with Crippen molar-refractivity contribution in [3.05, 3.63) is 23.8 Å². The number of nitrogens with zero attached hydrogens (tertiary/aromatic N) is 2. The molecule has 0 spiro atoms. The van der Waals surface area contributed by atoms with Gasteiger partial charge in [-0.15, -0.1) is 24.0 Å². The molecule has 1 saturated heterocycles. The predicted molar refractivity (Wildman–Crippen MR) is 100 cm³/mol. The van der Waals surface area contributed by atoms with Gasteiger partial charge in [0.1, 0.15) is 11.5 Å². The Morgan fingerprint density at radius 3 is 2.91 bits per heavy atom. The second-order valence-corrected chi connectivity index (χ2v) is 5.59. The van der Waals surface area contributed by atoms with Crippen LogP contribution in [0.4, 0.5) is 0 Å². The van der Waals surface area contributed by atoms with Gasteiger partial charge in [-0.05, 0) is 37.0 Å². The van der Waals surface area contributed by atoms with Crippen LogP contribution in [-0.2, 0) is 6.54 Å². The quantitative estimate of drug-likeness (QED) is 0.450. The Hall–Kier alpha value is -1.18. The smallest absolute Gasteiger partial charge is 0.193 e. The van der Waals surface area contributed by atoms with E-state index < -0.39 is 0 Å². The molecule has 0 bridgehead atoms. The number of hydrogen-bond donors (Lipinski definition) is 2. The van der Waals surface area contributed by atoms with Gasteiger partial charge >= 0.3 is 0 Å². The van der Waals surface area contributed by atoms with Crippen LogP contribution >= 0.6 is 24.0 Å². The molecule has 6 heteroatoms. The zero-order valence-electron chi connectivity index (χ0n) is 13.5. The highest BCUT2D eigenvalue weighted by atomic mass is 127. The number of rotatable bonds is 3. The van der Waals surface area contributed by atoms with E-state index in [9.17, 15) is 5.11 Å². The fourth-order valence-corrected chi connectivity index (χ4v) is 2.72. The largest absolute Gasteiger partial charge is 0.508 e. The second kappa shape index (κ2) is 9.07. The van der Waals surface area contributed by atoms with Crippen molar-refractivity contribution < 1.29 is 9.84 Å². The summed E-state index contributed by atoms with van der Waals surface area (Å²) >= 11 is 0. The van der Waals surface area contributed by atoms with Crippen LogP contribution in [0.1, 0.15) is 25.3 Å². The molecular weight excluding hydrogens is 393 g/mol. The average molecular weight is 419 g/mol. The number of benzene rings is 1. The van der Waals surface area contributed by atoms with E-state index in [4.69, 9.17) is 4.74 Å². The first-order chi connectivity index (χ1) is 10.1. The summed E-state index contributed by atoms with van der Waals surface area (Å²) < 4.78 is 5.19. The molecule has 1 fully saturated rings. The van der Waals surface area contributed by atoms with Gasteiger partial charge in [0.2, 0.25) is 0 Å². The van der Waals surface area contributed by atoms with Gasteiger partial charge in [-0.25, -0.2) is 0 Å².